The van der Waals surface area contributed by atoms with E-state index in [1.807, 2.05) is 13.8 Å². The predicted molar refractivity (Wildman–Crippen MR) is 84.6 cm³/mol. The molecule has 1 amide bonds. The van der Waals surface area contributed by atoms with Crippen molar-refractivity contribution in [3.8, 4) is 0 Å². The van der Waals surface area contributed by atoms with Gasteiger partial charge in [0.15, 0.2) is 0 Å². The standard InChI is InChI=1S/C16H33N3O/c1-13(8-7-9-14(2)17)16(20)18-15(3)12-19-10-5-4-6-11-19/h13-15H,4-12,17H2,1-3H3,(H,18,20). The van der Waals surface area contributed by atoms with Gasteiger partial charge >= 0.3 is 0 Å². The van der Waals surface area contributed by atoms with E-state index in [4.69, 9.17) is 5.73 Å². The van der Waals surface area contributed by atoms with Crippen molar-refractivity contribution in [3.63, 3.8) is 0 Å². The van der Waals surface area contributed by atoms with Crippen molar-refractivity contribution < 1.29 is 4.79 Å². The molecule has 4 heteroatoms. The number of nitrogens with two attached hydrogens (primary N) is 1. The fourth-order valence-corrected chi connectivity index (χ4v) is 2.84. The van der Waals surface area contributed by atoms with Crippen molar-refractivity contribution in [2.75, 3.05) is 19.6 Å². The quantitative estimate of drug-likeness (QED) is 0.717. The third-order valence-electron chi connectivity index (χ3n) is 4.11. The molecule has 3 N–H and O–H groups in total. The lowest BCUT2D eigenvalue weighted by molar-refractivity contribution is -0.125. The highest BCUT2D eigenvalue weighted by molar-refractivity contribution is 5.78. The van der Waals surface area contributed by atoms with E-state index in [9.17, 15) is 4.79 Å². The Morgan fingerprint density at radius 3 is 2.40 bits per heavy atom. The van der Waals surface area contributed by atoms with Gasteiger partial charge in [0.1, 0.15) is 0 Å². The molecule has 1 rings (SSSR count). The van der Waals surface area contributed by atoms with Gasteiger partial charge in [0.05, 0.1) is 0 Å². The van der Waals surface area contributed by atoms with E-state index >= 15 is 0 Å². The first kappa shape index (κ1) is 17.4. The van der Waals surface area contributed by atoms with Crippen molar-refractivity contribution in [1.82, 2.24) is 10.2 Å². The van der Waals surface area contributed by atoms with Crippen LogP contribution in [0.4, 0.5) is 0 Å². The minimum absolute atomic E-state index is 0.0950. The number of nitrogens with zero attached hydrogens (tertiary/aromatic N) is 1. The largest absolute Gasteiger partial charge is 0.352 e. The Morgan fingerprint density at radius 2 is 1.80 bits per heavy atom. The second-order valence-electron chi connectivity index (χ2n) is 6.58. The molecule has 1 heterocycles. The number of amides is 1. The zero-order valence-electron chi connectivity index (χ0n) is 13.5. The summed E-state index contributed by atoms with van der Waals surface area (Å²) in [6, 6.07) is 0.486. The summed E-state index contributed by atoms with van der Waals surface area (Å²) in [5, 5.41) is 3.15. The first-order valence-electron chi connectivity index (χ1n) is 8.27. The molecule has 0 aromatic heterocycles. The number of hydrogen-bond donors (Lipinski definition) is 2. The van der Waals surface area contributed by atoms with E-state index in [0.29, 0.717) is 0 Å². The molecule has 20 heavy (non-hydrogen) atoms. The number of rotatable bonds is 8. The van der Waals surface area contributed by atoms with Gasteiger partial charge in [0.25, 0.3) is 0 Å². The molecule has 0 spiro atoms. The maximum Gasteiger partial charge on any atom is 0.223 e. The molecule has 0 aliphatic carbocycles. The summed E-state index contributed by atoms with van der Waals surface area (Å²) in [5.41, 5.74) is 5.73. The lowest BCUT2D eigenvalue weighted by Crippen LogP contribution is -2.45. The van der Waals surface area contributed by atoms with Crippen molar-refractivity contribution in [2.45, 2.75) is 71.4 Å². The van der Waals surface area contributed by atoms with Gasteiger partial charge in [-0.25, -0.2) is 0 Å². The molecule has 0 aromatic carbocycles. The van der Waals surface area contributed by atoms with Gasteiger partial charge in [0, 0.05) is 24.5 Å². The SMILES string of the molecule is CC(N)CCCC(C)C(=O)NC(C)CN1CCCCC1. The molecule has 0 bridgehead atoms. The van der Waals surface area contributed by atoms with E-state index < -0.39 is 0 Å². The number of nitrogens with one attached hydrogen (secondary N) is 1. The van der Waals surface area contributed by atoms with Crippen LogP contribution in [0.5, 0.6) is 0 Å². The van der Waals surface area contributed by atoms with Gasteiger partial charge in [-0.3, -0.25) is 4.79 Å². The molecule has 3 atom stereocenters. The van der Waals surface area contributed by atoms with Gasteiger partial charge < -0.3 is 16.0 Å². The Bertz CT molecular complexity index is 275. The highest BCUT2D eigenvalue weighted by Gasteiger charge is 2.18. The van der Waals surface area contributed by atoms with Crippen molar-refractivity contribution in [3.05, 3.63) is 0 Å². The third kappa shape index (κ3) is 7.25. The van der Waals surface area contributed by atoms with E-state index in [1.165, 1.54) is 32.4 Å². The van der Waals surface area contributed by atoms with Crippen LogP contribution in [0.15, 0.2) is 0 Å². The molecular formula is C16H33N3O. The molecule has 3 unspecified atom stereocenters. The second-order valence-corrected chi connectivity index (χ2v) is 6.58. The average Bonchev–Trinajstić information content (AvgIpc) is 2.39. The van der Waals surface area contributed by atoms with Gasteiger partial charge in [-0.1, -0.05) is 19.8 Å². The zero-order chi connectivity index (χ0) is 15.0. The summed E-state index contributed by atoms with van der Waals surface area (Å²) in [6.07, 6.45) is 6.92. The minimum atomic E-state index is 0.0950. The first-order chi connectivity index (χ1) is 9.49. The Kier molecular flexibility index (Phi) is 8.15. The molecule has 1 aliphatic rings. The molecule has 118 valence electrons. The Morgan fingerprint density at radius 1 is 1.15 bits per heavy atom. The summed E-state index contributed by atoms with van der Waals surface area (Å²) in [5.74, 6) is 0.289. The van der Waals surface area contributed by atoms with Crippen LogP contribution in [0.1, 0.15) is 59.3 Å². The van der Waals surface area contributed by atoms with Crippen LogP contribution in [0.3, 0.4) is 0 Å². The summed E-state index contributed by atoms with van der Waals surface area (Å²) >= 11 is 0. The average molecular weight is 283 g/mol. The van der Waals surface area contributed by atoms with E-state index in [-0.39, 0.29) is 23.9 Å². The lowest BCUT2D eigenvalue weighted by atomic mass is 10.0. The third-order valence-corrected chi connectivity index (χ3v) is 4.11. The number of piperidine rings is 1. The predicted octanol–water partition coefficient (Wildman–Crippen LogP) is 2.13. The topological polar surface area (TPSA) is 58.4 Å². The first-order valence-corrected chi connectivity index (χ1v) is 8.27. The van der Waals surface area contributed by atoms with Gasteiger partial charge in [-0.2, -0.15) is 0 Å². The Labute approximate surface area is 124 Å². The van der Waals surface area contributed by atoms with Crippen LogP contribution in [0, 0.1) is 5.92 Å². The molecule has 0 radical (unpaired) electrons. The highest BCUT2D eigenvalue weighted by Crippen LogP contribution is 2.11. The summed E-state index contributed by atoms with van der Waals surface area (Å²) in [6.45, 7) is 9.50. The van der Waals surface area contributed by atoms with Crippen LogP contribution < -0.4 is 11.1 Å². The molecule has 1 saturated heterocycles. The molecule has 1 fully saturated rings. The second kappa shape index (κ2) is 9.35. The molecule has 4 nitrogen and oxygen atoms in total. The minimum Gasteiger partial charge on any atom is -0.352 e. The smallest absolute Gasteiger partial charge is 0.223 e. The molecular weight excluding hydrogens is 250 g/mol. The van der Waals surface area contributed by atoms with E-state index in [0.717, 1.165) is 25.8 Å². The normalized spacial score (nSPS) is 21.2. The zero-order valence-corrected chi connectivity index (χ0v) is 13.5. The van der Waals surface area contributed by atoms with E-state index in [1.54, 1.807) is 0 Å². The maximum atomic E-state index is 12.1. The highest BCUT2D eigenvalue weighted by atomic mass is 16.1. The Balaban J connectivity index is 2.18. The summed E-state index contributed by atoms with van der Waals surface area (Å²) < 4.78 is 0. The number of carbonyl (C=O) groups is 1. The molecule has 0 aromatic rings. The molecule has 1 aliphatic heterocycles. The van der Waals surface area contributed by atoms with Crippen molar-refractivity contribution in [2.24, 2.45) is 11.7 Å². The van der Waals surface area contributed by atoms with Crippen LogP contribution in [-0.4, -0.2) is 42.5 Å². The number of carbonyl (C=O) groups excluding carboxylic acids is 1. The number of hydrogen-bond acceptors (Lipinski definition) is 3. The maximum absolute atomic E-state index is 12.1. The van der Waals surface area contributed by atoms with Crippen molar-refractivity contribution >= 4 is 5.91 Å². The van der Waals surface area contributed by atoms with Crippen LogP contribution in [0.2, 0.25) is 0 Å². The van der Waals surface area contributed by atoms with E-state index in [2.05, 4.69) is 17.1 Å². The van der Waals surface area contributed by atoms with Crippen molar-refractivity contribution in [1.29, 1.82) is 0 Å². The van der Waals surface area contributed by atoms with Crippen LogP contribution >= 0.6 is 0 Å². The van der Waals surface area contributed by atoms with Gasteiger partial charge in [0.2, 0.25) is 5.91 Å². The van der Waals surface area contributed by atoms with Gasteiger partial charge in [-0.15, -0.1) is 0 Å². The lowest BCUT2D eigenvalue weighted by Gasteiger charge is -2.29. The van der Waals surface area contributed by atoms with Gasteiger partial charge in [-0.05, 0) is 52.6 Å². The summed E-state index contributed by atoms with van der Waals surface area (Å²) in [7, 11) is 0. The fourth-order valence-electron chi connectivity index (χ4n) is 2.84. The summed E-state index contributed by atoms with van der Waals surface area (Å²) in [4.78, 5) is 14.6. The monoisotopic (exact) mass is 283 g/mol. The molecule has 0 saturated carbocycles. The van der Waals surface area contributed by atoms with Crippen LogP contribution in [-0.2, 0) is 4.79 Å². The number of likely N-dealkylation sites (tertiary alicyclic amines) is 1. The fraction of sp³-hybridized carbons (Fsp3) is 0.938. The van der Waals surface area contributed by atoms with Crippen LogP contribution in [0.25, 0.3) is 0 Å². The Hall–Kier alpha value is -0.610.